The number of ether oxygens (including phenoxy) is 2. The topological polar surface area (TPSA) is 105 Å². The number of rotatable bonds is 11. The maximum absolute atomic E-state index is 14.0. The molecule has 0 spiro atoms. The zero-order chi connectivity index (χ0) is 30.4. The smallest absolute Gasteiger partial charge is 0.264 e. The maximum atomic E-state index is 14.0. The second kappa shape index (κ2) is 13.3. The molecule has 0 aliphatic carbocycles. The normalized spacial score (nSPS) is 12.3. The molecule has 1 atom stereocenters. The van der Waals surface area contributed by atoms with Crippen LogP contribution in [-0.4, -0.2) is 57.5 Å². The molecule has 1 N–H and O–H groups in total. The summed E-state index contributed by atoms with van der Waals surface area (Å²) >= 11 is 6.21. The van der Waals surface area contributed by atoms with Gasteiger partial charge >= 0.3 is 0 Å². The minimum atomic E-state index is -4.23. The Kier molecular flexibility index (Phi) is 10.3. The molecule has 9 nitrogen and oxygen atoms in total. The van der Waals surface area contributed by atoms with Gasteiger partial charge in [-0.25, -0.2) is 8.42 Å². The van der Waals surface area contributed by atoms with E-state index in [2.05, 4.69) is 5.32 Å². The molecule has 0 aliphatic rings. The fourth-order valence-corrected chi connectivity index (χ4v) is 5.61. The first-order valence-electron chi connectivity index (χ1n) is 12.9. The van der Waals surface area contributed by atoms with Crippen molar-refractivity contribution in [2.75, 3.05) is 25.1 Å². The van der Waals surface area contributed by atoms with Crippen LogP contribution < -0.4 is 19.1 Å². The summed E-state index contributed by atoms with van der Waals surface area (Å²) in [6.45, 7) is 6.64. The Hall–Kier alpha value is -3.76. The number of methoxy groups -OCH3 is 2. The number of anilines is 1. The Morgan fingerprint density at radius 2 is 1.49 bits per heavy atom. The number of hydrogen-bond acceptors (Lipinski definition) is 6. The van der Waals surface area contributed by atoms with Crippen molar-refractivity contribution in [2.24, 2.45) is 0 Å². The average molecular weight is 602 g/mol. The molecule has 41 heavy (non-hydrogen) atoms. The van der Waals surface area contributed by atoms with Crippen molar-refractivity contribution in [3.8, 4) is 11.5 Å². The van der Waals surface area contributed by atoms with E-state index in [-0.39, 0.29) is 23.0 Å². The maximum Gasteiger partial charge on any atom is 0.264 e. The molecule has 0 saturated heterocycles. The van der Waals surface area contributed by atoms with Crippen LogP contribution in [0.25, 0.3) is 0 Å². The number of nitrogens with zero attached hydrogens (tertiary/aromatic N) is 2. The van der Waals surface area contributed by atoms with Crippen LogP contribution >= 0.6 is 11.6 Å². The largest absolute Gasteiger partial charge is 0.497 e. The first kappa shape index (κ1) is 31.8. The summed E-state index contributed by atoms with van der Waals surface area (Å²) in [5, 5.41) is 3.21. The van der Waals surface area contributed by atoms with Crippen LogP contribution in [0, 0.1) is 0 Å². The number of nitrogens with one attached hydrogen (secondary N) is 1. The molecule has 0 bridgehead atoms. The number of carbonyl (C=O) groups is 2. The molecule has 0 saturated carbocycles. The quantitative estimate of drug-likeness (QED) is 0.336. The molecule has 1 unspecified atom stereocenters. The van der Waals surface area contributed by atoms with Crippen LogP contribution in [0.4, 0.5) is 5.69 Å². The lowest BCUT2D eigenvalue weighted by molar-refractivity contribution is -0.140. The zero-order valence-electron chi connectivity index (χ0n) is 24.0. The fourth-order valence-electron chi connectivity index (χ4n) is 4.02. The van der Waals surface area contributed by atoms with E-state index in [0.717, 1.165) is 9.87 Å². The SMILES string of the molecule is COc1ccc(CN(C(=O)CN(c2cccc(Cl)c2)S(=O)(=O)c2ccc(OC)cc2)C(C)C(=O)NC(C)(C)C)cc1. The van der Waals surface area contributed by atoms with Gasteiger partial charge in [0.1, 0.15) is 24.1 Å². The van der Waals surface area contributed by atoms with E-state index >= 15 is 0 Å². The van der Waals surface area contributed by atoms with Crippen molar-refractivity contribution >= 4 is 39.1 Å². The summed E-state index contributed by atoms with van der Waals surface area (Å²) in [7, 11) is -1.19. The van der Waals surface area contributed by atoms with Crippen LogP contribution in [0.15, 0.2) is 77.7 Å². The number of halogens is 1. The van der Waals surface area contributed by atoms with Gasteiger partial charge in [-0.15, -0.1) is 0 Å². The summed E-state index contributed by atoms with van der Waals surface area (Å²) in [6.07, 6.45) is 0. The predicted molar refractivity (Wildman–Crippen MR) is 160 cm³/mol. The van der Waals surface area contributed by atoms with E-state index in [1.807, 2.05) is 20.8 Å². The number of sulfonamides is 1. The third-order valence-electron chi connectivity index (χ3n) is 6.20. The highest BCUT2D eigenvalue weighted by Gasteiger charge is 2.33. The lowest BCUT2D eigenvalue weighted by Crippen LogP contribution is -2.54. The minimum Gasteiger partial charge on any atom is -0.497 e. The number of hydrogen-bond donors (Lipinski definition) is 1. The van der Waals surface area contributed by atoms with Gasteiger partial charge in [0.2, 0.25) is 11.8 Å². The number of amides is 2. The van der Waals surface area contributed by atoms with Gasteiger partial charge in [0.15, 0.2) is 0 Å². The van der Waals surface area contributed by atoms with Crippen LogP contribution in [0.1, 0.15) is 33.3 Å². The molecule has 3 rings (SSSR count). The van der Waals surface area contributed by atoms with E-state index in [0.29, 0.717) is 16.5 Å². The average Bonchev–Trinajstić information content (AvgIpc) is 2.93. The zero-order valence-corrected chi connectivity index (χ0v) is 25.6. The van der Waals surface area contributed by atoms with Crippen molar-refractivity contribution in [3.05, 3.63) is 83.4 Å². The second-order valence-electron chi connectivity index (χ2n) is 10.5. The van der Waals surface area contributed by atoms with Crippen molar-refractivity contribution in [2.45, 2.75) is 50.7 Å². The van der Waals surface area contributed by atoms with Crippen molar-refractivity contribution < 1.29 is 27.5 Å². The summed E-state index contributed by atoms with van der Waals surface area (Å²) in [4.78, 5) is 28.5. The Morgan fingerprint density at radius 1 is 0.927 bits per heavy atom. The third-order valence-corrected chi connectivity index (χ3v) is 8.22. The monoisotopic (exact) mass is 601 g/mol. The minimum absolute atomic E-state index is 0.0358. The van der Waals surface area contributed by atoms with E-state index in [1.54, 1.807) is 56.5 Å². The van der Waals surface area contributed by atoms with Gasteiger partial charge in [-0.3, -0.25) is 13.9 Å². The Labute approximate surface area is 247 Å². The summed E-state index contributed by atoms with van der Waals surface area (Å²) in [6, 6.07) is 18.3. The molecular formula is C30H36ClN3O6S. The summed E-state index contributed by atoms with van der Waals surface area (Å²) in [5.41, 5.74) is 0.407. The van der Waals surface area contributed by atoms with Gasteiger partial charge < -0.3 is 19.7 Å². The van der Waals surface area contributed by atoms with Gasteiger partial charge in [0, 0.05) is 17.1 Å². The standard InChI is InChI=1S/C30H36ClN3O6S/c1-21(29(36)32-30(2,3)4)33(19-22-10-12-25(39-5)13-11-22)28(35)20-34(24-9-7-8-23(31)18-24)41(37,38)27-16-14-26(40-6)15-17-27/h7-18,21H,19-20H2,1-6H3,(H,32,36). The highest BCUT2D eigenvalue weighted by Crippen LogP contribution is 2.28. The third kappa shape index (κ3) is 8.37. The molecule has 2 amide bonds. The first-order chi connectivity index (χ1) is 19.2. The highest BCUT2D eigenvalue weighted by atomic mass is 35.5. The van der Waals surface area contributed by atoms with Crippen LogP contribution in [-0.2, 0) is 26.2 Å². The van der Waals surface area contributed by atoms with E-state index in [1.165, 1.54) is 42.3 Å². The fraction of sp³-hybridized carbons (Fsp3) is 0.333. The van der Waals surface area contributed by atoms with Gasteiger partial charge in [0.05, 0.1) is 24.8 Å². The van der Waals surface area contributed by atoms with Crippen LogP contribution in [0.5, 0.6) is 11.5 Å². The number of carbonyl (C=O) groups excluding carboxylic acids is 2. The Bertz CT molecular complexity index is 1450. The molecule has 0 aliphatic heterocycles. The van der Waals surface area contributed by atoms with Gasteiger partial charge in [-0.05, 0) is 87.9 Å². The second-order valence-corrected chi connectivity index (χ2v) is 12.8. The van der Waals surface area contributed by atoms with Crippen LogP contribution in [0.2, 0.25) is 5.02 Å². The molecule has 220 valence electrons. The van der Waals surface area contributed by atoms with Gasteiger partial charge in [-0.2, -0.15) is 0 Å². The Morgan fingerprint density at radius 3 is 2.00 bits per heavy atom. The molecular weight excluding hydrogens is 566 g/mol. The van der Waals surface area contributed by atoms with E-state index in [9.17, 15) is 18.0 Å². The molecule has 0 fully saturated rings. The summed E-state index contributed by atoms with van der Waals surface area (Å²) in [5.74, 6) is 0.183. The van der Waals surface area contributed by atoms with Crippen molar-refractivity contribution in [3.63, 3.8) is 0 Å². The first-order valence-corrected chi connectivity index (χ1v) is 14.7. The van der Waals surface area contributed by atoms with E-state index in [4.69, 9.17) is 21.1 Å². The lowest BCUT2D eigenvalue weighted by Gasteiger charge is -2.33. The molecule has 0 aromatic heterocycles. The molecule has 3 aromatic carbocycles. The van der Waals surface area contributed by atoms with Gasteiger partial charge in [0.25, 0.3) is 10.0 Å². The number of benzene rings is 3. The predicted octanol–water partition coefficient (Wildman–Crippen LogP) is 4.88. The Balaban J connectivity index is 2.03. The van der Waals surface area contributed by atoms with Crippen LogP contribution in [0.3, 0.4) is 0 Å². The highest BCUT2D eigenvalue weighted by molar-refractivity contribution is 7.92. The van der Waals surface area contributed by atoms with Crippen molar-refractivity contribution in [1.29, 1.82) is 0 Å². The molecule has 11 heteroatoms. The van der Waals surface area contributed by atoms with Gasteiger partial charge in [-0.1, -0.05) is 29.8 Å². The summed E-state index contributed by atoms with van der Waals surface area (Å²) < 4.78 is 39.2. The van der Waals surface area contributed by atoms with Crippen molar-refractivity contribution in [1.82, 2.24) is 10.2 Å². The molecule has 0 heterocycles. The molecule has 0 radical (unpaired) electrons. The lowest BCUT2D eigenvalue weighted by atomic mass is 10.1. The molecule has 3 aromatic rings. The van der Waals surface area contributed by atoms with E-state index < -0.39 is 34.1 Å².